The van der Waals surface area contributed by atoms with Crippen LogP contribution >= 0.6 is 0 Å². The van der Waals surface area contributed by atoms with Gasteiger partial charge in [-0.15, -0.1) is 0 Å². The van der Waals surface area contributed by atoms with Crippen LogP contribution in [0.2, 0.25) is 0 Å². The predicted octanol–water partition coefficient (Wildman–Crippen LogP) is 9.29. The van der Waals surface area contributed by atoms with E-state index in [-0.39, 0.29) is 11.6 Å². The van der Waals surface area contributed by atoms with Gasteiger partial charge in [-0.05, 0) is 112 Å². The molecule has 4 aromatic carbocycles. The van der Waals surface area contributed by atoms with Crippen molar-refractivity contribution in [2.75, 3.05) is 37.1 Å². The average Bonchev–Trinajstić information content (AvgIpc) is 3.20. The monoisotopic (exact) mass is 730 g/mol. The van der Waals surface area contributed by atoms with Crippen molar-refractivity contribution in [2.24, 2.45) is 0 Å². The fourth-order valence-electron chi connectivity index (χ4n) is 5.97. The van der Waals surface area contributed by atoms with E-state index < -0.39 is 11.9 Å². The van der Waals surface area contributed by atoms with Crippen molar-refractivity contribution in [1.82, 2.24) is 0 Å². The second kappa shape index (κ2) is 20.2. The highest BCUT2D eigenvalue weighted by Crippen LogP contribution is 2.39. The number of ether oxygens (including phenoxy) is 4. The highest BCUT2D eigenvalue weighted by Gasteiger charge is 2.34. The van der Waals surface area contributed by atoms with Crippen LogP contribution in [0.3, 0.4) is 0 Å². The van der Waals surface area contributed by atoms with Gasteiger partial charge in [0, 0.05) is 34.7 Å². The van der Waals surface area contributed by atoms with Crippen LogP contribution < -0.4 is 20.1 Å². The van der Waals surface area contributed by atoms with Crippen molar-refractivity contribution in [3.8, 4) is 11.5 Å². The summed E-state index contributed by atoms with van der Waals surface area (Å²) in [5, 5.41) is 6.71. The standard InChI is InChI=1S/C44H46N2O8/c1-3-39(47)53-29-13-7-5-11-27-51-33-21-17-31(18-22-33)45-37-25-26-38(42-41(37)43(49)35-15-9-10-16-36(35)44(42)50)46-32-19-23-34(24-20-32)52-28-12-6-8-14-30-54-40(48)4-2/h3-4,9-10,15-26,45-46H,1-2,5-8,11-14,27-30H2. The molecule has 2 N–H and O–H groups in total. The minimum absolute atomic E-state index is 0.230. The summed E-state index contributed by atoms with van der Waals surface area (Å²) in [6.45, 7) is 8.68. The largest absolute Gasteiger partial charge is 0.494 e. The smallest absolute Gasteiger partial charge is 0.330 e. The van der Waals surface area contributed by atoms with Crippen molar-refractivity contribution < 1.29 is 38.1 Å². The lowest BCUT2D eigenvalue weighted by atomic mass is 9.82. The van der Waals surface area contributed by atoms with Crippen molar-refractivity contribution in [1.29, 1.82) is 0 Å². The lowest BCUT2D eigenvalue weighted by Gasteiger charge is -2.24. The molecule has 0 saturated carbocycles. The van der Waals surface area contributed by atoms with Crippen molar-refractivity contribution in [2.45, 2.75) is 51.4 Å². The van der Waals surface area contributed by atoms with Gasteiger partial charge in [0.25, 0.3) is 0 Å². The Balaban J connectivity index is 1.19. The summed E-state index contributed by atoms with van der Waals surface area (Å²) in [4.78, 5) is 50.2. The van der Waals surface area contributed by atoms with Gasteiger partial charge in [0.15, 0.2) is 11.6 Å². The second-order valence-electron chi connectivity index (χ2n) is 12.7. The Labute approximate surface area is 316 Å². The third kappa shape index (κ3) is 10.9. The zero-order valence-corrected chi connectivity index (χ0v) is 30.4. The van der Waals surface area contributed by atoms with Gasteiger partial charge in [-0.3, -0.25) is 9.59 Å². The maximum absolute atomic E-state index is 14.0. The van der Waals surface area contributed by atoms with Crippen molar-refractivity contribution >= 4 is 46.3 Å². The van der Waals surface area contributed by atoms with Crippen LogP contribution in [-0.2, 0) is 19.1 Å². The molecular weight excluding hydrogens is 684 g/mol. The summed E-state index contributed by atoms with van der Waals surface area (Å²) < 4.78 is 21.8. The molecule has 10 nitrogen and oxygen atoms in total. The molecule has 0 radical (unpaired) electrons. The number of benzene rings is 4. The summed E-state index contributed by atoms with van der Waals surface area (Å²) in [5.74, 6) is 0.184. The number of unbranched alkanes of at least 4 members (excludes halogenated alkanes) is 6. The normalized spacial score (nSPS) is 11.5. The Morgan fingerprint density at radius 3 is 1.24 bits per heavy atom. The molecule has 0 aromatic heterocycles. The SMILES string of the molecule is C=CC(=O)OCCCCCCOc1ccc(Nc2ccc(Nc3ccc(OCCCCCCOC(=O)C=C)cc3)c3c2C(=O)c2ccccc2C3=O)cc1. The van der Waals surface area contributed by atoms with Crippen LogP contribution in [0, 0.1) is 0 Å². The molecule has 4 aromatic rings. The summed E-state index contributed by atoms with van der Waals surface area (Å²) in [7, 11) is 0. The van der Waals surface area contributed by atoms with Gasteiger partial charge in [-0.1, -0.05) is 37.4 Å². The molecule has 10 heteroatoms. The lowest BCUT2D eigenvalue weighted by Crippen LogP contribution is -2.23. The number of esters is 2. The number of anilines is 4. The van der Waals surface area contributed by atoms with Gasteiger partial charge in [0.1, 0.15) is 11.5 Å². The van der Waals surface area contributed by atoms with E-state index in [9.17, 15) is 19.2 Å². The van der Waals surface area contributed by atoms with E-state index >= 15 is 0 Å². The van der Waals surface area contributed by atoms with Gasteiger partial charge in [-0.2, -0.15) is 0 Å². The summed E-state index contributed by atoms with van der Waals surface area (Å²) in [5.41, 5.74) is 3.88. The summed E-state index contributed by atoms with van der Waals surface area (Å²) in [6, 6.07) is 25.5. The molecule has 0 bridgehead atoms. The minimum Gasteiger partial charge on any atom is -0.494 e. The number of hydrogen-bond acceptors (Lipinski definition) is 10. The van der Waals surface area contributed by atoms with Crippen LogP contribution in [0.15, 0.2) is 110 Å². The number of carbonyl (C=O) groups is 4. The van der Waals surface area contributed by atoms with Gasteiger partial charge in [0.05, 0.1) is 48.9 Å². The van der Waals surface area contributed by atoms with E-state index in [1.165, 1.54) is 0 Å². The van der Waals surface area contributed by atoms with E-state index in [1.54, 1.807) is 24.3 Å². The lowest BCUT2D eigenvalue weighted by molar-refractivity contribution is -0.138. The number of hydrogen-bond donors (Lipinski definition) is 2. The molecule has 0 saturated heterocycles. The van der Waals surface area contributed by atoms with E-state index in [0.717, 1.165) is 86.4 Å². The van der Waals surface area contributed by atoms with Crippen LogP contribution in [-0.4, -0.2) is 49.9 Å². The Kier molecular flexibility index (Phi) is 14.6. The molecule has 0 amide bonds. The van der Waals surface area contributed by atoms with Gasteiger partial charge in [0.2, 0.25) is 0 Å². The zero-order chi connectivity index (χ0) is 38.1. The highest BCUT2D eigenvalue weighted by atomic mass is 16.5. The van der Waals surface area contributed by atoms with E-state index in [1.807, 2.05) is 60.7 Å². The average molecular weight is 731 g/mol. The Bertz CT molecular complexity index is 1800. The quantitative estimate of drug-likeness (QED) is 0.0404. The maximum atomic E-state index is 14.0. The van der Waals surface area contributed by atoms with Gasteiger partial charge >= 0.3 is 11.9 Å². The first-order valence-electron chi connectivity index (χ1n) is 18.3. The molecule has 280 valence electrons. The Morgan fingerprint density at radius 1 is 0.500 bits per heavy atom. The topological polar surface area (TPSA) is 129 Å². The number of fused-ring (bicyclic) bond motifs is 2. The molecule has 0 fully saturated rings. The van der Waals surface area contributed by atoms with Gasteiger partial charge < -0.3 is 29.6 Å². The first kappa shape index (κ1) is 39.1. The predicted molar refractivity (Wildman–Crippen MR) is 209 cm³/mol. The van der Waals surface area contributed by atoms with Crippen molar-refractivity contribution in [3.05, 3.63) is 132 Å². The van der Waals surface area contributed by atoms with E-state index in [2.05, 4.69) is 23.8 Å². The first-order chi connectivity index (χ1) is 26.4. The molecule has 0 spiro atoms. The minimum atomic E-state index is -0.400. The third-order valence-electron chi connectivity index (χ3n) is 8.78. The second-order valence-corrected chi connectivity index (χ2v) is 12.7. The van der Waals surface area contributed by atoms with Crippen LogP contribution in [0.25, 0.3) is 0 Å². The molecule has 1 aliphatic carbocycles. The van der Waals surface area contributed by atoms with Crippen LogP contribution in [0.4, 0.5) is 22.7 Å². The molecule has 1 aliphatic rings. The summed E-state index contributed by atoms with van der Waals surface area (Å²) >= 11 is 0. The van der Waals surface area contributed by atoms with Crippen molar-refractivity contribution in [3.63, 3.8) is 0 Å². The van der Waals surface area contributed by atoms with E-state index in [0.29, 0.717) is 60.1 Å². The molecule has 0 aliphatic heterocycles. The molecular formula is C44H46N2O8. The fraction of sp³-hybridized carbons (Fsp3) is 0.273. The zero-order valence-electron chi connectivity index (χ0n) is 30.4. The Hall–Kier alpha value is -6.16. The highest BCUT2D eigenvalue weighted by molar-refractivity contribution is 6.32. The number of nitrogens with one attached hydrogen (secondary N) is 2. The first-order valence-corrected chi connectivity index (χ1v) is 18.3. The van der Waals surface area contributed by atoms with E-state index in [4.69, 9.17) is 18.9 Å². The third-order valence-corrected chi connectivity index (χ3v) is 8.78. The maximum Gasteiger partial charge on any atom is 0.330 e. The Morgan fingerprint density at radius 2 is 0.870 bits per heavy atom. The number of ketones is 2. The fourth-order valence-corrected chi connectivity index (χ4v) is 5.97. The molecule has 0 unspecified atom stereocenters. The van der Waals surface area contributed by atoms with Crippen LogP contribution in [0.5, 0.6) is 11.5 Å². The number of carbonyl (C=O) groups excluding carboxylic acids is 4. The molecule has 5 rings (SSSR count). The molecule has 54 heavy (non-hydrogen) atoms. The van der Waals surface area contributed by atoms with Gasteiger partial charge in [-0.25, -0.2) is 9.59 Å². The summed E-state index contributed by atoms with van der Waals surface area (Å²) in [6.07, 6.45) is 9.45. The molecule has 0 heterocycles. The molecule has 0 atom stereocenters. The van der Waals surface area contributed by atoms with Crippen LogP contribution in [0.1, 0.15) is 83.2 Å². The number of rotatable bonds is 22.